The van der Waals surface area contributed by atoms with Crippen LogP contribution < -0.4 is 10.6 Å². The van der Waals surface area contributed by atoms with E-state index in [0.29, 0.717) is 0 Å². The summed E-state index contributed by atoms with van der Waals surface area (Å²) in [6.45, 7) is 3.21. The summed E-state index contributed by atoms with van der Waals surface area (Å²) in [4.78, 5) is 15.9. The van der Waals surface area contributed by atoms with E-state index in [2.05, 4.69) is 21.6 Å². The summed E-state index contributed by atoms with van der Waals surface area (Å²) in [5.41, 5.74) is 0.809. The van der Waals surface area contributed by atoms with Crippen LogP contribution in [-0.2, 0) is 5.41 Å². The van der Waals surface area contributed by atoms with Gasteiger partial charge in [-0.3, -0.25) is 4.90 Å². The van der Waals surface area contributed by atoms with E-state index in [9.17, 15) is 10.1 Å². The van der Waals surface area contributed by atoms with Gasteiger partial charge in [-0.25, -0.2) is 4.79 Å². The molecule has 1 saturated carbocycles. The maximum atomic E-state index is 13.1. The molecule has 2 aliphatic heterocycles. The summed E-state index contributed by atoms with van der Waals surface area (Å²) in [7, 11) is 0. The van der Waals surface area contributed by atoms with Gasteiger partial charge in [-0.1, -0.05) is 67.1 Å². The molecule has 0 spiro atoms. The Balaban J connectivity index is 1.15. The Morgan fingerprint density at radius 3 is 2.03 bits per heavy atom. The molecule has 2 N–H and O–H groups in total. The first kappa shape index (κ1) is 25.8. The molecule has 2 bridgehead atoms. The summed E-state index contributed by atoms with van der Waals surface area (Å²) >= 11 is 0. The first-order valence-electron chi connectivity index (χ1n) is 14.4. The van der Waals surface area contributed by atoms with Crippen molar-refractivity contribution in [2.45, 2.75) is 101 Å². The Kier molecular flexibility index (Phi) is 8.15. The van der Waals surface area contributed by atoms with E-state index in [0.717, 1.165) is 42.0 Å². The minimum atomic E-state index is -0.967. The molecule has 0 radical (unpaired) electrons. The largest absolute Gasteiger partial charge is 0.335 e. The Labute approximate surface area is 222 Å². The van der Waals surface area contributed by atoms with Crippen LogP contribution in [0.4, 0.5) is 4.79 Å². The van der Waals surface area contributed by atoms with Gasteiger partial charge in [0.15, 0.2) is 0 Å². The van der Waals surface area contributed by atoms with Gasteiger partial charge in [0.2, 0.25) is 0 Å². The van der Waals surface area contributed by atoms with E-state index in [1.54, 1.807) is 0 Å². The number of amides is 2. The average molecular weight is 499 g/mol. The second kappa shape index (κ2) is 11.7. The van der Waals surface area contributed by atoms with Gasteiger partial charge in [-0.2, -0.15) is 5.26 Å². The highest BCUT2D eigenvalue weighted by molar-refractivity contribution is 5.75. The van der Waals surface area contributed by atoms with Crippen molar-refractivity contribution in [1.29, 1.82) is 5.26 Å². The molecule has 2 unspecified atom stereocenters. The quantitative estimate of drug-likeness (QED) is 0.459. The number of fused-ring (bicyclic) bond motifs is 2. The SMILES string of the molecule is C[C@H](NC(=O)NC1CCC(CCN2C3CCCC2CC3)CC1)C(C#N)(c1ccccc1)c1ccccc1. The maximum absolute atomic E-state index is 13.1. The van der Waals surface area contributed by atoms with E-state index >= 15 is 0 Å². The van der Waals surface area contributed by atoms with Gasteiger partial charge in [0, 0.05) is 18.1 Å². The van der Waals surface area contributed by atoms with Crippen molar-refractivity contribution in [2.24, 2.45) is 5.92 Å². The smallest absolute Gasteiger partial charge is 0.315 e. The third kappa shape index (κ3) is 5.55. The molecular formula is C32H42N4O. The molecule has 196 valence electrons. The lowest BCUT2D eigenvalue weighted by Gasteiger charge is -2.37. The summed E-state index contributed by atoms with van der Waals surface area (Å²) in [5, 5.41) is 16.8. The van der Waals surface area contributed by atoms with Crippen molar-refractivity contribution in [2.75, 3.05) is 6.54 Å². The highest BCUT2D eigenvalue weighted by atomic mass is 16.2. The van der Waals surface area contributed by atoms with Gasteiger partial charge in [-0.05, 0) is 88.3 Å². The number of carbonyl (C=O) groups excluding carboxylic acids is 1. The van der Waals surface area contributed by atoms with Crippen molar-refractivity contribution >= 4 is 6.03 Å². The standard InChI is InChI=1S/C32H42N4O/c1-24(32(23-33,26-9-4-2-5-10-26)27-11-6-3-7-12-27)34-31(37)35-28-17-15-25(16-18-28)21-22-36-29-13-8-14-30(36)20-19-29/h2-7,9-12,24-25,28-30H,8,13-22H2,1H3,(H2,34,35,37)/t24-,25?,28?,29?,30?/m0/s1. The third-order valence-electron chi connectivity index (χ3n) is 9.46. The molecule has 3 fully saturated rings. The average Bonchev–Trinajstić information content (AvgIpc) is 3.15. The lowest BCUT2D eigenvalue weighted by atomic mass is 9.70. The van der Waals surface area contributed by atoms with Crippen LogP contribution in [0.1, 0.15) is 82.3 Å². The predicted octanol–water partition coefficient (Wildman–Crippen LogP) is 6.15. The molecule has 2 saturated heterocycles. The molecular weight excluding hydrogens is 456 g/mol. The highest BCUT2D eigenvalue weighted by Gasteiger charge is 2.41. The van der Waals surface area contributed by atoms with Crippen LogP contribution in [0.25, 0.3) is 0 Å². The van der Waals surface area contributed by atoms with Gasteiger partial charge < -0.3 is 10.6 Å². The Bertz CT molecular complexity index is 1000. The van der Waals surface area contributed by atoms with Gasteiger partial charge in [-0.15, -0.1) is 0 Å². The van der Waals surface area contributed by atoms with E-state index in [4.69, 9.17) is 0 Å². The van der Waals surface area contributed by atoms with Crippen LogP contribution in [0.2, 0.25) is 0 Å². The molecule has 0 aromatic heterocycles. The number of urea groups is 1. The van der Waals surface area contributed by atoms with E-state index < -0.39 is 11.5 Å². The molecule has 2 amide bonds. The molecule has 3 aliphatic rings. The molecule has 2 aromatic rings. The number of hydrogen-bond acceptors (Lipinski definition) is 3. The lowest BCUT2D eigenvalue weighted by molar-refractivity contribution is 0.124. The van der Waals surface area contributed by atoms with Crippen LogP contribution in [0, 0.1) is 17.2 Å². The Morgan fingerprint density at radius 2 is 1.49 bits per heavy atom. The van der Waals surface area contributed by atoms with Gasteiger partial charge >= 0.3 is 6.03 Å². The Morgan fingerprint density at radius 1 is 0.919 bits per heavy atom. The number of piperidine rings is 1. The van der Waals surface area contributed by atoms with Gasteiger partial charge in [0.05, 0.1) is 12.1 Å². The third-order valence-corrected chi connectivity index (χ3v) is 9.46. The predicted molar refractivity (Wildman–Crippen MR) is 148 cm³/mol. The van der Waals surface area contributed by atoms with E-state index in [1.165, 1.54) is 57.9 Å². The summed E-state index contributed by atoms with van der Waals surface area (Å²) in [5.74, 6) is 0.781. The number of nitriles is 1. The molecule has 3 atom stereocenters. The van der Waals surface area contributed by atoms with Gasteiger partial charge in [0.1, 0.15) is 5.41 Å². The molecule has 37 heavy (non-hydrogen) atoms. The van der Waals surface area contributed by atoms with Crippen molar-refractivity contribution in [1.82, 2.24) is 15.5 Å². The van der Waals surface area contributed by atoms with Crippen LogP contribution in [-0.4, -0.2) is 41.6 Å². The molecule has 2 aromatic carbocycles. The van der Waals surface area contributed by atoms with Crippen LogP contribution >= 0.6 is 0 Å². The number of carbonyl (C=O) groups is 1. The maximum Gasteiger partial charge on any atom is 0.315 e. The molecule has 5 nitrogen and oxygen atoms in total. The number of rotatable bonds is 8. The molecule has 5 rings (SSSR count). The number of nitrogens with one attached hydrogen (secondary N) is 2. The second-order valence-electron chi connectivity index (χ2n) is 11.6. The first-order valence-corrected chi connectivity index (χ1v) is 14.4. The van der Waals surface area contributed by atoms with Gasteiger partial charge in [0.25, 0.3) is 0 Å². The minimum Gasteiger partial charge on any atom is -0.335 e. The second-order valence-corrected chi connectivity index (χ2v) is 11.6. The topological polar surface area (TPSA) is 68.2 Å². The number of hydrogen-bond donors (Lipinski definition) is 2. The fraction of sp³-hybridized carbons (Fsp3) is 0.562. The highest BCUT2D eigenvalue weighted by Crippen LogP contribution is 2.37. The Hall–Kier alpha value is -2.84. The van der Waals surface area contributed by atoms with Crippen molar-refractivity contribution < 1.29 is 4.79 Å². The summed E-state index contributed by atoms with van der Waals surface area (Å²) in [6, 6.07) is 23.5. The van der Waals surface area contributed by atoms with E-state index in [-0.39, 0.29) is 12.1 Å². The number of nitrogens with zero attached hydrogens (tertiary/aromatic N) is 2. The normalized spacial score (nSPS) is 26.7. The van der Waals surface area contributed by atoms with Crippen LogP contribution in [0.3, 0.4) is 0 Å². The minimum absolute atomic E-state index is 0.174. The molecule has 1 aliphatic carbocycles. The molecule has 2 heterocycles. The van der Waals surface area contributed by atoms with Crippen LogP contribution in [0.15, 0.2) is 60.7 Å². The fourth-order valence-corrected chi connectivity index (χ4v) is 7.34. The zero-order chi connectivity index (χ0) is 25.7. The summed E-state index contributed by atoms with van der Waals surface area (Å²) in [6.07, 6.45) is 12.8. The van der Waals surface area contributed by atoms with Crippen molar-refractivity contribution in [3.05, 3.63) is 71.8 Å². The van der Waals surface area contributed by atoms with Crippen molar-refractivity contribution in [3.8, 4) is 6.07 Å². The fourth-order valence-electron chi connectivity index (χ4n) is 7.34. The summed E-state index contributed by atoms with van der Waals surface area (Å²) < 4.78 is 0. The van der Waals surface area contributed by atoms with Crippen molar-refractivity contribution in [3.63, 3.8) is 0 Å². The zero-order valence-electron chi connectivity index (χ0n) is 22.2. The van der Waals surface area contributed by atoms with E-state index in [1.807, 2.05) is 67.6 Å². The monoisotopic (exact) mass is 498 g/mol. The lowest BCUT2D eigenvalue weighted by Crippen LogP contribution is -2.53. The first-order chi connectivity index (χ1) is 18.1. The molecule has 5 heteroatoms. The zero-order valence-corrected chi connectivity index (χ0v) is 22.2. The van der Waals surface area contributed by atoms with Crippen LogP contribution in [0.5, 0.6) is 0 Å². The number of benzene rings is 2.